The standard InChI is InChI=1S/C22H30N4O/c1-16-7-6-8-20(17(16)2)26-13-11-25(12-14-26)18-9-10-19(23-15-18)21(27)24-22(3,4)5/h6-10,15H,11-14H2,1-5H3,(H,24,27). The fourth-order valence-electron chi connectivity index (χ4n) is 3.40. The minimum atomic E-state index is -0.262. The van der Waals surface area contributed by atoms with Gasteiger partial charge in [0.25, 0.3) is 5.91 Å². The van der Waals surface area contributed by atoms with E-state index in [9.17, 15) is 4.79 Å². The van der Waals surface area contributed by atoms with Gasteiger partial charge in [-0.1, -0.05) is 12.1 Å². The Morgan fingerprint density at radius 1 is 1.00 bits per heavy atom. The highest BCUT2D eigenvalue weighted by molar-refractivity contribution is 5.92. The first-order valence-corrected chi connectivity index (χ1v) is 9.59. The number of nitrogens with zero attached hydrogens (tertiary/aromatic N) is 3. The lowest BCUT2D eigenvalue weighted by molar-refractivity contribution is 0.0914. The maximum atomic E-state index is 12.2. The van der Waals surface area contributed by atoms with Crippen LogP contribution in [0.3, 0.4) is 0 Å². The molecule has 27 heavy (non-hydrogen) atoms. The number of rotatable bonds is 3. The molecule has 0 atom stereocenters. The van der Waals surface area contributed by atoms with Crippen LogP contribution < -0.4 is 15.1 Å². The molecule has 1 N–H and O–H groups in total. The quantitative estimate of drug-likeness (QED) is 0.902. The molecule has 1 amide bonds. The Bertz CT molecular complexity index is 800. The van der Waals surface area contributed by atoms with Crippen LogP contribution in [0.4, 0.5) is 11.4 Å². The molecule has 1 aromatic carbocycles. The van der Waals surface area contributed by atoms with Gasteiger partial charge in [0, 0.05) is 37.4 Å². The topological polar surface area (TPSA) is 48.5 Å². The van der Waals surface area contributed by atoms with Crippen LogP contribution in [0.25, 0.3) is 0 Å². The summed E-state index contributed by atoms with van der Waals surface area (Å²) in [4.78, 5) is 21.4. The van der Waals surface area contributed by atoms with Gasteiger partial charge < -0.3 is 15.1 Å². The third-order valence-corrected chi connectivity index (χ3v) is 5.03. The van der Waals surface area contributed by atoms with Gasteiger partial charge in [0.15, 0.2) is 0 Å². The summed E-state index contributed by atoms with van der Waals surface area (Å²) in [5, 5.41) is 2.95. The first-order valence-electron chi connectivity index (χ1n) is 9.59. The van der Waals surface area contributed by atoms with Crippen LogP contribution in [-0.4, -0.2) is 42.6 Å². The molecule has 144 valence electrons. The molecule has 1 aliphatic heterocycles. The normalized spacial score (nSPS) is 15.0. The van der Waals surface area contributed by atoms with Gasteiger partial charge in [-0.2, -0.15) is 0 Å². The molecule has 3 rings (SSSR count). The van der Waals surface area contributed by atoms with Crippen LogP contribution in [0.2, 0.25) is 0 Å². The average Bonchev–Trinajstić information content (AvgIpc) is 2.63. The van der Waals surface area contributed by atoms with E-state index in [1.54, 1.807) is 0 Å². The molecule has 1 fully saturated rings. The van der Waals surface area contributed by atoms with Crippen molar-refractivity contribution in [2.75, 3.05) is 36.0 Å². The van der Waals surface area contributed by atoms with Crippen LogP contribution in [0.5, 0.6) is 0 Å². The minimum Gasteiger partial charge on any atom is -0.368 e. The number of anilines is 2. The number of pyridine rings is 1. The molecule has 0 saturated carbocycles. The number of hydrogen-bond donors (Lipinski definition) is 1. The van der Waals surface area contributed by atoms with Crippen LogP contribution in [0.1, 0.15) is 42.4 Å². The molecule has 0 aliphatic carbocycles. The van der Waals surface area contributed by atoms with E-state index < -0.39 is 0 Å². The first-order chi connectivity index (χ1) is 12.7. The number of carbonyl (C=O) groups excluding carboxylic acids is 1. The summed E-state index contributed by atoms with van der Waals surface area (Å²) in [6, 6.07) is 10.3. The number of piperazine rings is 1. The van der Waals surface area contributed by atoms with E-state index >= 15 is 0 Å². The van der Waals surface area contributed by atoms with Crippen molar-refractivity contribution < 1.29 is 4.79 Å². The molecular weight excluding hydrogens is 336 g/mol. The van der Waals surface area contributed by atoms with Crippen molar-refractivity contribution in [3.05, 3.63) is 53.3 Å². The van der Waals surface area contributed by atoms with Crippen LogP contribution in [-0.2, 0) is 0 Å². The van der Waals surface area contributed by atoms with Crippen molar-refractivity contribution in [2.45, 2.75) is 40.2 Å². The van der Waals surface area contributed by atoms with E-state index in [4.69, 9.17) is 0 Å². The van der Waals surface area contributed by atoms with Gasteiger partial charge in [0.2, 0.25) is 0 Å². The number of aromatic nitrogens is 1. The summed E-state index contributed by atoms with van der Waals surface area (Å²) in [7, 11) is 0. The van der Waals surface area contributed by atoms with Gasteiger partial charge in [-0.3, -0.25) is 4.79 Å². The second-order valence-electron chi connectivity index (χ2n) is 8.30. The van der Waals surface area contributed by atoms with Gasteiger partial charge in [-0.25, -0.2) is 4.98 Å². The Kier molecular flexibility index (Phi) is 5.40. The van der Waals surface area contributed by atoms with Gasteiger partial charge in [0.1, 0.15) is 5.69 Å². The average molecular weight is 367 g/mol. The molecular formula is C22H30N4O. The molecule has 1 aromatic heterocycles. The SMILES string of the molecule is Cc1cccc(N2CCN(c3ccc(C(=O)NC(C)(C)C)nc3)CC2)c1C. The summed E-state index contributed by atoms with van der Waals surface area (Å²) in [5.41, 5.74) is 5.31. The predicted molar refractivity (Wildman–Crippen MR) is 112 cm³/mol. The van der Waals surface area contributed by atoms with E-state index in [-0.39, 0.29) is 11.4 Å². The molecule has 1 saturated heterocycles. The highest BCUT2D eigenvalue weighted by Gasteiger charge is 2.20. The third kappa shape index (κ3) is 4.59. The minimum absolute atomic E-state index is 0.131. The van der Waals surface area contributed by atoms with Gasteiger partial charge in [-0.15, -0.1) is 0 Å². The molecule has 2 aromatic rings. The fourth-order valence-corrected chi connectivity index (χ4v) is 3.40. The number of nitrogens with one attached hydrogen (secondary N) is 1. The first kappa shape index (κ1) is 19.2. The summed E-state index contributed by atoms with van der Waals surface area (Å²) in [5.74, 6) is -0.131. The summed E-state index contributed by atoms with van der Waals surface area (Å²) >= 11 is 0. The Balaban J connectivity index is 1.63. The highest BCUT2D eigenvalue weighted by atomic mass is 16.2. The van der Waals surface area contributed by atoms with E-state index in [1.807, 2.05) is 39.1 Å². The zero-order valence-corrected chi connectivity index (χ0v) is 17.0. The fraction of sp³-hybridized carbons (Fsp3) is 0.455. The van der Waals surface area contributed by atoms with Gasteiger partial charge in [-0.05, 0) is 63.9 Å². The van der Waals surface area contributed by atoms with Crippen molar-refractivity contribution in [1.29, 1.82) is 0 Å². The zero-order valence-electron chi connectivity index (χ0n) is 17.0. The Morgan fingerprint density at radius 2 is 1.67 bits per heavy atom. The van der Waals surface area contributed by atoms with Crippen LogP contribution >= 0.6 is 0 Å². The van der Waals surface area contributed by atoms with Crippen LogP contribution in [0.15, 0.2) is 36.5 Å². The molecule has 2 heterocycles. The number of aryl methyl sites for hydroxylation is 1. The lowest BCUT2D eigenvalue weighted by Gasteiger charge is -2.38. The Labute approximate surface area is 162 Å². The van der Waals surface area contributed by atoms with E-state index in [0.717, 1.165) is 31.9 Å². The second-order valence-corrected chi connectivity index (χ2v) is 8.30. The lowest BCUT2D eigenvalue weighted by Crippen LogP contribution is -2.46. The third-order valence-electron chi connectivity index (χ3n) is 5.03. The smallest absolute Gasteiger partial charge is 0.270 e. The lowest BCUT2D eigenvalue weighted by atomic mass is 10.1. The number of hydrogen-bond acceptors (Lipinski definition) is 4. The summed E-state index contributed by atoms with van der Waals surface area (Å²) < 4.78 is 0. The van der Waals surface area contributed by atoms with Gasteiger partial charge >= 0.3 is 0 Å². The van der Waals surface area contributed by atoms with E-state index in [2.05, 4.69) is 52.1 Å². The maximum Gasteiger partial charge on any atom is 0.270 e. The molecule has 5 nitrogen and oxygen atoms in total. The van der Waals surface area contributed by atoms with Gasteiger partial charge in [0.05, 0.1) is 11.9 Å². The number of carbonyl (C=O) groups is 1. The monoisotopic (exact) mass is 366 g/mol. The van der Waals surface area contributed by atoms with Crippen molar-refractivity contribution in [3.8, 4) is 0 Å². The van der Waals surface area contributed by atoms with E-state index in [1.165, 1.54) is 16.8 Å². The summed E-state index contributed by atoms with van der Waals surface area (Å²) in [6.07, 6.45) is 1.81. The number of benzene rings is 1. The second kappa shape index (κ2) is 7.59. The Morgan fingerprint density at radius 3 is 2.26 bits per heavy atom. The van der Waals surface area contributed by atoms with Crippen molar-refractivity contribution in [3.63, 3.8) is 0 Å². The molecule has 0 radical (unpaired) electrons. The molecule has 0 spiro atoms. The Hall–Kier alpha value is -2.56. The maximum absolute atomic E-state index is 12.2. The predicted octanol–water partition coefficient (Wildman–Crippen LogP) is 3.55. The van der Waals surface area contributed by atoms with Crippen molar-refractivity contribution in [2.24, 2.45) is 0 Å². The van der Waals surface area contributed by atoms with Crippen LogP contribution in [0, 0.1) is 13.8 Å². The molecule has 0 unspecified atom stereocenters. The molecule has 1 aliphatic rings. The molecule has 0 bridgehead atoms. The highest BCUT2D eigenvalue weighted by Crippen LogP contribution is 2.25. The summed E-state index contributed by atoms with van der Waals surface area (Å²) in [6.45, 7) is 14.1. The van der Waals surface area contributed by atoms with Crippen molar-refractivity contribution in [1.82, 2.24) is 10.3 Å². The van der Waals surface area contributed by atoms with Crippen molar-refractivity contribution >= 4 is 17.3 Å². The van der Waals surface area contributed by atoms with E-state index in [0.29, 0.717) is 5.69 Å². The largest absolute Gasteiger partial charge is 0.368 e. The molecule has 5 heteroatoms. The number of amides is 1. The zero-order chi connectivity index (χ0) is 19.6.